The highest BCUT2D eigenvalue weighted by atomic mass is 127. The number of rotatable bonds is 1. The van der Waals surface area contributed by atoms with Gasteiger partial charge in [0.05, 0.1) is 11.7 Å². The molecule has 0 bridgehead atoms. The first-order chi connectivity index (χ1) is 9.47. The van der Waals surface area contributed by atoms with Gasteiger partial charge < -0.3 is 10.0 Å². The molecule has 108 valence electrons. The third kappa shape index (κ3) is 2.85. The first-order valence-electron chi connectivity index (χ1n) is 6.59. The van der Waals surface area contributed by atoms with Crippen LogP contribution in [0.15, 0.2) is 12.1 Å². The van der Waals surface area contributed by atoms with E-state index in [-0.39, 0.29) is 12.0 Å². The lowest BCUT2D eigenvalue weighted by Crippen LogP contribution is -2.31. The molecule has 0 aromatic heterocycles. The number of aliphatic hydroxyl groups is 1. The number of likely N-dealkylation sites (tertiary alicyclic amines) is 1. The fourth-order valence-corrected chi connectivity index (χ4v) is 5.67. The maximum Gasteiger partial charge on any atom is 0.255 e. The molecule has 1 saturated carbocycles. The molecule has 0 radical (unpaired) electrons. The predicted molar refractivity (Wildman–Crippen MR) is 103 cm³/mol. The van der Waals surface area contributed by atoms with Crippen LogP contribution in [0.25, 0.3) is 0 Å². The van der Waals surface area contributed by atoms with Gasteiger partial charge in [-0.25, -0.2) is 0 Å². The van der Waals surface area contributed by atoms with Crippen LogP contribution in [0, 0.1) is 22.5 Å². The number of benzene rings is 1. The maximum absolute atomic E-state index is 12.7. The standard InChI is InChI=1S/C14H14I3NO2/c15-8-3-9(13(17)11(16)4-8)14(20)18-5-7-1-2-12(19)10(7)6-18/h3-4,7,10,12,19H,1-2,5-6H2. The van der Waals surface area contributed by atoms with Crippen LogP contribution in [-0.2, 0) is 0 Å². The van der Waals surface area contributed by atoms with Gasteiger partial charge in [-0.2, -0.15) is 0 Å². The van der Waals surface area contributed by atoms with Crippen LogP contribution in [-0.4, -0.2) is 35.1 Å². The summed E-state index contributed by atoms with van der Waals surface area (Å²) in [6, 6.07) is 4.06. The SMILES string of the molecule is O=C(c1cc(I)cc(I)c1I)N1CC2CCC(O)C2C1. The monoisotopic (exact) mass is 609 g/mol. The van der Waals surface area contributed by atoms with E-state index in [2.05, 4.69) is 73.8 Å². The van der Waals surface area contributed by atoms with E-state index in [4.69, 9.17) is 0 Å². The molecule has 1 aromatic rings. The second kappa shape index (κ2) is 6.15. The van der Waals surface area contributed by atoms with E-state index in [0.717, 1.165) is 35.7 Å². The minimum absolute atomic E-state index is 0.118. The molecule has 1 heterocycles. The van der Waals surface area contributed by atoms with Crippen molar-refractivity contribution in [3.05, 3.63) is 28.4 Å². The lowest BCUT2D eigenvalue weighted by atomic mass is 10.00. The maximum atomic E-state index is 12.7. The van der Waals surface area contributed by atoms with Crippen molar-refractivity contribution < 1.29 is 9.90 Å². The molecule has 1 N–H and O–H groups in total. The predicted octanol–water partition coefficient (Wildman–Crippen LogP) is 3.34. The number of amides is 1. The Balaban J connectivity index is 1.84. The highest BCUT2D eigenvalue weighted by Crippen LogP contribution is 2.39. The summed E-state index contributed by atoms with van der Waals surface area (Å²) in [5.74, 6) is 0.902. The molecule has 2 fully saturated rings. The summed E-state index contributed by atoms with van der Waals surface area (Å²) in [6.45, 7) is 1.52. The Bertz CT molecular complexity index is 564. The van der Waals surface area contributed by atoms with E-state index in [1.54, 1.807) is 0 Å². The zero-order chi connectivity index (χ0) is 14.4. The van der Waals surface area contributed by atoms with E-state index in [0.29, 0.717) is 18.4 Å². The minimum atomic E-state index is -0.215. The third-order valence-electron chi connectivity index (χ3n) is 4.33. The van der Waals surface area contributed by atoms with Gasteiger partial charge in [0, 0.05) is 29.7 Å². The average Bonchev–Trinajstić information content (AvgIpc) is 2.96. The van der Waals surface area contributed by atoms with E-state index in [1.807, 2.05) is 11.0 Å². The summed E-state index contributed by atoms with van der Waals surface area (Å²) >= 11 is 6.79. The van der Waals surface area contributed by atoms with Gasteiger partial charge in [0.1, 0.15) is 0 Å². The van der Waals surface area contributed by atoms with Crippen molar-refractivity contribution in [1.29, 1.82) is 0 Å². The van der Waals surface area contributed by atoms with Gasteiger partial charge in [-0.15, -0.1) is 0 Å². The molecule has 1 saturated heterocycles. The summed E-state index contributed by atoms with van der Waals surface area (Å²) in [6.07, 6.45) is 1.74. The number of carbonyl (C=O) groups excluding carboxylic acids is 1. The fourth-order valence-electron chi connectivity index (χ4n) is 3.28. The lowest BCUT2D eigenvalue weighted by Gasteiger charge is -2.19. The molecule has 3 nitrogen and oxygen atoms in total. The number of hydrogen-bond acceptors (Lipinski definition) is 2. The third-order valence-corrected chi connectivity index (χ3v) is 8.00. The Morgan fingerprint density at radius 2 is 1.95 bits per heavy atom. The summed E-state index contributed by atoms with van der Waals surface area (Å²) in [4.78, 5) is 14.7. The molecular weight excluding hydrogens is 595 g/mol. The van der Waals surface area contributed by atoms with Crippen LogP contribution in [0.4, 0.5) is 0 Å². The zero-order valence-electron chi connectivity index (χ0n) is 10.7. The number of carbonyl (C=O) groups is 1. The fraction of sp³-hybridized carbons (Fsp3) is 0.500. The van der Waals surface area contributed by atoms with E-state index in [1.165, 1.54) is 0 Å². The van der Waals surface area contributed by atoms with Gasteiger partial charge in [-0.3, -0.25) is 4.79 Å². The molecule has 3 rings (SSSR count). The highest BCUT2D eigenvalue weighted by Gasteiger charge is 2.43. The molecule has 1 aromatic carbocycles. The molecule has 20 heavy (non-hydrogen) atoms. The van der Waals surface area contributed by atoms with Crippen LogP contribution >= 0.6 is 67.8 Å². The Kier molecular flexibility index (Phi) is 4.84. The van der Waals surface area contributed by atoms with Crippen molar-refractivity contribution in [2.45, 2.75) is 18.9 Å². The van der Waals surface area contributed by atoms with Gasteiger partial charge in [-0.1, -0.05) is 0 Å². The van der Waals surface area contributed by atoms with Gasteiger partial charge in [0.2, 0.25) is 0 Å². The molecule has 0 spiro atoms. The van der Waals surface area contributed by atoms with Crippen molar-refractivity contribution in [2.24, 2.45) is 11.8 Å². The molecule has 6 heteroatoms. The quantitative estimate of drug-likeness (QED) is 0.393. The van der Waals surface area contributed by atoms with Crippen molar-refractivity contribution in [1.82, 2.24) is 4.90 Å². The second-order valence-electron chi connectivity index (χ2n) is 5.53. The Morgan fingerprint density at radius 1 is 1.20 bits per heavy atom. The number of halogens is 3. The number of aliphatic hydroxyl groups excluding tert-OH is 1. The molecule has 2 aliphatic rings. The van der Waals surface area contributed by atoms with Gasteiger partial charge in [-0.05, 0) is 98.7 Å². The first-order valence-corrected chi connectivity index (χ1v) is 9.83. The largest absolute Gasteiger partial charge is 0.393 e. The Labute approximate surface area is 159 Å². The van der Waals surface area contributed by atoms with E-state index < -0.39 is 0 Å². The number of nitrogens with zero attached hydrogens (tertiary/aromatic N) is 1. The van der Waals surface area contributed by atoms with Crippen molar-refractivity contribution in [2.75, 3.05) is 13.1 Å². The van der Waals surface area contributed by atoms with Crippen LogP contribution in [0.3, 0.4) is 0 Å². The Hall–Kier alpha value is 0.840. The molecule has 3 unspecified atom stereocenters. The molecule has 1 aliphatic heterocycles. The summed E-state index contributed by atoms with van der Waals surface area (Å²) in [7, 11) is 0. The van der Waals surface area contributed by atoms with E-state index in [9.17, 15) is 9.90 Å². The molecule has 3 atom stereocenters. The highest BCUT2D eigenvalue weighted by molar-refractivity contribution is 14.1. The van der Waals surface area contributed by atoms with Crippen molar-refractivity contribution >= 4 is 73.7 Å². The van der Waals surface area contributed by atoms with Gasteiger partial charge >= 0.3 is 0 Å². The number of hydrogen-bond donors (Lipinski definition) is 1. The Morgan fingerprint density at radius 3 is 2.65 bits per heavy atom. The average molecular weight is 609 g/mol. The summed E-state index contributed by atoms with van der Waals surface area (Å²) in [5.41, 5.74) is 0.802. The van der Waals surface area contributed by atoms with Crippen LogP contribution in [0.2, 0.25) is 0 Å². The van der Waals surface area contributed by atoms with Crippen LogP contribution < -0.4 is 0 Å². The number of fused-ring (bicyclic) bond motifs is 1. The van der Waals surface area contributed by atoms with E-state index >= 15 is 0 Å². The molecule has 1 amide bonds. The van der Waals surface area contributed by atoms with Crippen LogP contribution in [0.1, 0.15) is 23.2 Å². The first kappa shape index (κ1) is 15.7. The lowest BCUT2D eigenvalue weighted by molar-refractivity contribution is 0.0751. The molecular formula is C14H14I3NO2. The van der Waals surface area contributed by atoms with Crippen molar-refractivity contribution in [3.8, 4) is 0 Å². The smallest absolute Gasteiger partial charge is 0.255 e. The summed E-state index contributed by atoms with van der Waals surface area (Å²) in [5, 5.41) is 9.97. The topological polar surface area (TPSA) is 40.5 Å². The minimum Gasteiger partial charge on any atom is -0.393 e. The molecule has 1 aliphatic carbocycles. The van der Waals surface area contributed by atoms with Gasteiger partial charge in [0.25, 0.3) is 5.91 Å². The van der Waals surface area contributed by atoms with Crippen molar-refractivity contribution in [3.63, 3.8) is 0 Å². The summed E-state index contributed by atoms with van der Waals surface area (Å²) < 4.78 is 3.25. The second-order valence-corrected chi connectivity index (χ2v) is 9.01. The zero-order valence-corrected chi connectivity index (χ0v) is 17.1. The normalized spacial score (nSPS) is 28.8. The van der Waals surface area contributed by atoms with Crippen LogP contribution in [0.5, 0.6) is 0 Å². The van der Waals surface area contributed by atoms with Gasteiger partial charge in [0.15, 0.2) is 0 Å².